The predicted octanol–water partition coefficient (Wildman–Crippen LogP) is 0.569. The largest absolute Gasteiger partial charge is 0.346 e. The van der Waals surface area contributed by atoms with Crippen LogP contribution in [0.1, 0.15) is 19.4 Å². The molecule has 0 bridgehead atoms. The summed E-state index contributed by atoms with van der Waals surface area (Å²) in [5.41, 5.74) is 2.38. The summed E-state index contributed by atoms with van der Waals surface area (Å²) >= 11 is 0. The van der Waals surface area contributed by atoms with E-state index >= 15 is 0 Å². The highest BCUT2D eigenvalue weighted by molar-refractivity contribution is 6.35. The maximum Gasteiger partial charge on any atom is 0.329 e. The normalized spacial score (nSPS) is 10.6. The zero-order chi connectivity index (χ0) is 15.1. The smallest absolute Gasteiger partial charge is 0.329 e. The molecule has 2 N–H and O–H groups in total. The van der Waals surface area contributed by atoms with Crippen molar-refractivity contribution in [3.63, 3.8) is 0 Å². The first-order valence-electron chi connectivity index (χ1n) is 5.78. The summed E-state index contributed by atoms with van der Waals surface area (Å²) in [6.45, 7) is 3.44. The van der Waals surface area contributed by atoms with E-state index in [1.54, 1.807) is 19.9 Å². The van der Waals surface area contributed by atoms with Gasteiger partial charge in [-0.15, -0.1) is 0 Å². The highest BCUT2D eigenvalue weighted by atomic mass is 16.6. The Labute approximate surface area is 115 Å². The Morgan fingerprint density at radius 2 is 2.05 bits per heavy atom. The Bertz CT molecular complexity index is 554. The lowest BCUT2D eigenvalue weighted by Gasteiger charge is -2.05. The van der Waals surface area contributed by atoms with Gasteiger partial charge >= 0.3 is 11.8 Å². The lowest BCUT2D eigenvalue weighted by Crippen LogP contribution is -2.41. The van der Waals surface area contributed by atoms with Crippen molar-refractivity contribution in [2.75, 3.05) is 0 Å². The molecule has 2 amide bonds. The number of hydrazone groups is 1. The number of benzene rings is 1. The number of nitro benzene ring substituents is 1. The van der Waals surface area contributed by atoms with Crippen LogP contribution in [0.5, 0.6) is 0 Å². The van der Waals surface area contributed by atoms with E-state index in [0.29, 0.717) is 5.56 Å². The van der Waals surface area contributed by atoms with E-state index in [4.69, 9.17) is 0 Å². The maximum absolute atomic E-state index is 11.3. The van der Waals surface area contributed by atoms with E-state index in [9.17, 15) is 19.7 Å². The van der Waals surface area contributed by atoms with Crippen molar-refractivity contribution in [2.24, 2.45) is 5.10 Å². The fourth-order valence-electron chi connectivity index (χ4n) is 1.26. The van der Waals surface area contributed by atoms with Gasteiger partial charge in [-0.3, -0.25) is 19.7 Å². The molecule has 0 aliphatic heterocycles. The van der Waals surface area contributed by atoms with E-state index in [0.717, 1.165) is 0 Å². The van der Waals surface area contributed by atoms with Crippen LogP contribution in [0.15, 0.2) is 29.4 Å². The zero-order valence-corrected chi connectivity index (χ0v) is 11.0. The zero-order valence-electron chi connectivity index (χ0n) is 11.0. The molecule has 0 heterocycles. The molecule has 0 spiro atoms. The number of nitrogens with one attached hydrogen (secondary N) is 2. The monoisotopic (exact) mass is 278 g/mol. The van der Waals surface area contributed by atoms with Crippen LogP contribution in [0.2, 0.25) is 0 Å². The second-order valence-corrected chi connectivity index (χ2v) is 4.18. The number of amides is 2. The number of carbonyl (C=O) groups is 2. The first kappa shape index (κ1) is 15.3. The lowest BCUT2D eigenvalue weighted by atomic mass is 10.2. The molecule has 1 aromatic carbocycles. The molecule has 8 heteroatoms. The topological polar surface area (TPSA) is 114 Å². The van der Waals surface area contributed by atoms with E-state index in [1.807, 2.05) is 5.43 Å². The highest BCUT2D eigenvalue weighted by Gasteiger charge is 2.12. The fourth-order valence-corrected chi connectivity index (χ4v) is 1.26. The average Bonchev–Trinajstić information content (AvgIpc) is 2.38. The van der Waals surface area contributed by atoms with Gasteiger partial charge in [-0.2, -0.15) is 5.10 Å². The van der Waals surface area contributed by atoms with Gasteiger partial charge in [0.15, 0.2) is 0 Å². The molecule has 0 fully saturated rings. The van der Waals surface area contributed by atoms with E-state index in [2.05, 4.69) is 10.4 Å². The molecule has 0 aliphatic carbocycles. The van der Waals surface area contributed by atoms with Gasteiger partial charge in [0.2, 0.25) is 0 Å². The summed E-state index contributed by atoms with van der Waals surface area (Å²) in [7, 11) is 0. The number of carbonyl (C=O) groups excluding carboxylic acids is 2. The van der Waals surface area contributed by atoms with E-state index in [1.165, 1.54) is 24.4 Å². The first-order chi connectivity index (χ1) is 9.40. The average molecular weight is 278 g/mol. The second kappa shape index (κ2) is 6.98. The number of nitro groups is 1. The molecule has 0 radical (unpaired) electrons. The summed E-state index contributed by atoms with van der Waals surface area (Å²) in [4.78, 5) is 32.6. The molecule has 1 rings (SSSR count). The summed E-state index contributed by atoms with van der Waals surface area (Å²) in [6, 6.07) is 5.55. The van der Waals surface area contributed by atoms with Gasteiger partial charge in [-0.05, 0) is 13.8 Å². The van der Waals surface area contributed by atoms with Crippen LogP contribution in [0.25, 0.3) is 0 Å². The van der Waals surface area contributed by atoms with Crippen LogP contribution in [0.4, 0.5) is 5.69 Å². The Hall–Kier alpha value is -2.77. The summed E-state index contributed by atoms with van der Waals surface area (Å²) in [5, 5.41) is 16.5. The summed E-state index contributed by atoms with van der Waals surface area (Å²) < 4.78 is 0. The minimum atomic E-state index is -0.902. The van der Waals surface area contributed by atoms with Crippen LogP contribution in [0, 0.1) is 10.1 Å². The Balaban J connectivity index is 2.61. The molecular formula is C12H14N4O4. The van der Waals surface area contributed by atoms with Gasteiger partial charge in [0.05, 0.1) is 11.1 Å². The lowest BCUT2D eigenvalue weighted by molar-refractivity contribution is -0.384. The van der Waals surface area contributed by atoms with Crippen molar-refractivity contribution in [1.29, 1.82) is 0 Å². The Kier molecular flexibility index (Phi) is 5.33. The van der Waals surface area contributed by atoms with Crippen molar-refractivity contribution >= 4 is 23.7 Å². The third-order valence-electron chi connectivity index (χ3n) is 2.09. The highest BCUT2D eigenvalue weighted by Crippen LogP contribution is 2.11. The standard InChI is InChI=1S/C12H14N4O4/c1-8(2)14-11(17)12(18)15-13-7-9-4-3-5-10(6-9)16(19)20/h3-8H,1-2H3,(H,14,17)(H,15,18)/b13-7+. The number of hydrogen-bond donors (Lipinski definition) is 2. The van der Waals surface area contributed by atoms with Gasteiger partial charge in [0, 0.05) is 23.7 Å². The Morgan fingerprint density at radius 1 is 1.35 bits per heavy atom. The number of hydrogen-bond acceptors (Lipinski definition) is 5. The molecular weight excluding hydrogens is 264 g/mol. The molecule has 0 unspecified atom stereocenters. The van der Waals surface area contributed by atoms with Crippen molar-refractivity contribution < 1.29 is 14.5 Å². The van der Waals surface area contributed by atoms with Crippen LogP contribution in [-0.4, -0.2) is 29.0 Å². The maximum atomic E-state index is 11.3. The SMILES string of the molecule is CC(C)NC(=O)C(=O)N/N=C/c1cccc([N+](=O)[O-])c1. The number of rotatable bonds is 4. The van der Waals surface area contributed by atoms with Gasteiger partial charge in [0.1, 0.15) is 0 Å². The molecule has 0 saturated carbocycles. The number of nitrogens with zero attached hydrogens (tertiary/aromatic N) is 2. The second-order valence-electron chi connectivity index (χ2n) is 4.18. The molecule has 0 saturated heterocycles. The van der Waals surface area contributed by atoms with Crippen LogP contribution in [-0.2, 0) is 9.59 Å². The molecule has 1 aromatic rings. The van der Waals surface area contributed by atoms with Crippen LogP contribution >= 0.6 is 0 Å². The molecule has 20 heavy (non-hydrogen) atoms. The van der Waals surface area contributed by atoms with Crippen LogP contribution < -0.4 is 10.7 Å². The molecule has 0 aliphatic rings. The van der Waals surface area contributed by atoms with Gasteiger partial charge in [-0.25, -0.2) is 5.43 Å². The number of non-ortho nitro benzene ring substituents is 1. The minimum Gasteiger partial charge on any atom is -0.346 e. The predicted molar refractivity (Wildman–Crippen MR) is 72.1 cm³/mol. The van der Waals surface area contributed by atoms with Crippen molar-refractivity contribution in [2.45, 2.75) is 19.9 Å². The third kappa shape index (κ3) is 4.84. The van der Waals surface area contributed by atoms with Gasteiger partial charge in [0.25, 0.3) is 5.69 Å². The van der Waals surface area contributed by atoms with Gasteiger partial charge < -0.3 is 5.32 Å². The van der Waals surface area contributed by atoms with Crippen molar-refractivity contribution in [3.05, 3.63) is 39.9 Å². The van der Waals surface area contributed by atoms with Crippen molar-refractivity contribution in [1.82, 2.24) is 10.7 Å². The van der Waals surface area contributed by atoms with Crippen LogP contribution in [0.3, 0.4) is 0 Å². The van der Waals surface area contributed by atoms with Crippen molar-refractivity contribution in [3.8, 4) is 0 Å². The Morgan fingerprint density at radius 3 is 2.65 bits per heavy atom. The molecule has 8 nitrogen and oxygen atoms in total. The summed E-state index contributed by atoms with van der Waals surface area (Å²) in [5.74, 6) is -1.70. The third-order valence-corrected chi connectivity index (χ3v) is 2.09. The van der Waals surface area contributed by atoms with E-state index < -0.39 is 16.7 Å². The first-order valence-corrected chi connectivity index (χ1v) is 5.78. The van der Waals surface area contributed by atoms with Gasteiger partial charge in [-0.1, -0.05) is 12.1 Å². The molecule has 0 atom stereocenters. The molecule has 106 valence electrons. The van der Waals surface area contributed by atoms with E-state index in [-0.39, 0.29) is 11.7 Å². The fraction of sp³-hybridized carbons (Fsp3) is 0.250. The summed E-state index contributed by atoms with van der Waals surface area (Å²) in [6.07, 6.45) is 1.22. The quantitative estimate of drug-likeness (QED) is 0.362. The molecule has 0 aromatic heterocycles. The minimum absolute atomic E-state index is 0.0853.